The average molecular weight is 499 g/mol. The Morgan fingerprint density at radius 2 is 1.50 bits per heavy atom. The zero-order valence-corrected chi connectivity index (χ0v) is 23.9. The lowest BCUT2D eigenvalue weighted by Gasteiger charge is -2.72. The predicted octanol–water partition coefficient (Wildman–Crippen LogP) is 7.66. The van der Waals surface area contributed by atoms with Crippen molar-refractivity contribution in [1.82, 2.24) is 0 Å². The van der Waals surface area contributed by atoms with Gasteiger partial charge in [-0.05, 0) is 117 Å². The van der Waals surface area contributed by atoms with Crippen molar-refractivity contribution in [2.24, 2.45) is 56.7 Å². The van der Waals surface area contributed by atoms with E-state index in [0.29, 0.717) is 23.7 Å². The lowest BCUT2D eigenvalue weighted by Crippen LogP contribution is -2.67. The van der Waals surface area contributed by atoms with Crippen molar-refractivity contribution in [2.45, 2.75) is 119 Å². The second-order valence-electron chi connectivity index (χ2n) is 15.1. The molecule has 4 nitrogen and oxygen atoms in total. The van der Waals surface area contributed by atoms with E-state index in [-0.39, 0.29) is 39.7 Å². The highest BCUT2D eigenvalue weighted by atomic mass is 16.5. The number of rotatable bonds is 3. The minimum Gasteiger partial charge on any atom is -0.481 e. The topological polar surface area (TPSA) is 63.6 Å². The number of carboxylic acids is 1. The van der Waals surface area contributed by atoms with Crippen LogP contribution in [0.3, 0.4) is 0 Å². The van der Waals surface area contributed by atoms with Crippen LogP contribution in [0.1, 0.15) is 113 Å². The molecule has 36 heavy (non-hydrogen) atoms. The van der Waals surface area contributed by atoms with Gasteiger partial charge < -0.3 is 9.84 Å². The van der Waals surface area contributed by atoms with Crippen LogP contribution in [-0.2, 0) is 14.3 Å². The number of esters is 1. The molecular formula is C32H50O4. The van der Waals surface area contributed by atoms with E-state index in [1.54, 1.807) is 6.92 Å². The lowest BCUT2D eigenvalue weighted by atomic mass is 9.32. The number of carboxylic acid groups (broad SMARTS) is 1. The highest BCUT2D eigenvalue weighted by Crippen LogP contribution is 2.77. The molecule has 4 heteroatoms. The molecular weight excluding hydrogens is 448 g/mol. The summed E-state index contributed by atoms with van der Waals surface area (Å²) in [6, 6.07) is 0. The summed E-state index contributed by atoms with van der Waals surface area (Å²) in [7, 11) is 0. The molecule has 1 N–H and O–H groups in total. The van der Waals surface area contributed by atoms with Crippen molar-refractivity contribution in [2.75, 3.05) is 0 Å². The summed E-state index contributed by atoms with van der Waals surface area (Å²) in [5.41, 5.74) is 1.20. The van der Waals surface area contributed by atoms with Gasteiger partial charge in [0.2, 0.25) is 0 Å². The fraction of sp³-hybridized carbons (Fsp3) is 0.875. The van der Waals surface area contributed by atoms with E-state index in [4.69, 9.17) is 4.74 Å². The Hall–Kier alpha value is -1.32. The van der Waals surface area contributed by atoms with Crippen molar-refractivity contribution < 1.29 is 19.4 Å². The van der Waals surface area contributed by atoms with Gasteiger partial charge in [-0.3, -0.25) is 9.59 Å². The number of allylic oxidation sites excluding steroid dienone is 1. The Morgan fingerprint density at radius 3 is 2.11 bits per heavy atom. The van der Waals surface area contributed by atoms with Crippen LogP contribution in [0.4, 0.5) is 0 Å². The first-order valence-corrected chi connectivity index (χ1v) is 14.7. The Morgan fingerprint density at radius 1 is 0.806 bits per heavy atom. The van der Waals surface area contributed by atoms with Gasteiger partial charge in [0.05, 0.1) is 5.41 Å². The summed E-state index contributed by atoms with van der Waals surface area (Å²) in [6.07, 6.45) is 10.5. The van der Waals surface area contributed by atoms with Gasteiger partial charge >= 0.3 is 11.9 Å². The Balaban J connectivity index is 1.52. The minimum absolute atomic E-state index is 0.00466. The fourth-order valence-electron chi connectivity index (χ4n) is 11.9. The number of carbonyl (C=O) groups excluding carboxylic acids is 1. The third kappa shape index (κ3) is 3.17. The number of ether oxygens (including phenoxy) is 1. The molecule has 0 radical (unpaired) electrons. The van der Waals surface area contributed by atoms with Crippen LogP contribution in [0, 0.1) is 56.7 Å². The molecule has 0 aromatic rings. The van der Waals surface area contributed by atoms with E-state index in [0.717, 1.165) is 44.9 Å². The van der Waals surface area contributed by atoms with E-state index in [2.05, 4.69) is 48.1 Å². The van der Waals surface area contributed by atoms with Crippen molar-refractivity contribution in [3.05, 3.63) is 12.2 Å². The molecule has 0 saturated heterocycles. The SMILES string of the molecule is C=C(C)[C@@H]1CC[C@]2(C(=O)O)CC[C@]3(C)[C@H](CC[C@@H]4[C@@]5(C)CC[C@H](OC(C)=O)C(C)(C)C5CC[C@]43C)C12. The molecule has 10 atom stereocenters. The standard InChI is InChI=1S/C32H50O4/c1-19(2)21-11-16-32(27(34)35)18-17-30(7)22(26(21)32)9-10-24-29(6)14-13-25(36-20(3)33)28(4,5)23(29)12-15-31(24,30)8/h21-26H,1,9-18H2,2-8H3,(H,34,35)/t21-,22+,23?,24+,25-,26?,29-,30+,31+,32-/m0/s1. The van der Waals surface area contributed by atoms with Crippen molar-refractivity contribution in [3.8, 4) is 0 Å². The van der Waals surface area contributed by atoms with E-state index >= 15 is 0 Å². The molecule has 0 aromatic carbocycles. The van der Waals surface area contributed by atoms with Crippen molar-refractivity contribution in [3.63, 3.8) is 0 Å². The summed E-state index contributed by atoms with van der Waals surface area (Å²) in [5, 5.41) is 10.5. The van der Waals surface area contributed by atoms with Gasteiger partial charge in [0.25, 0.3) is 0 Å². The molecule has 0 spiro atoms. The summed E-state index contributed by atoms with van der Waals surface area (Å²) < 4.78 is 5.88. The van der Waals surface area contributed by atoms with Gasteiger partial charge in [0.15, 0.2) is 0 Å². The van der Waals surface area contributed by atoms with E-state index < -0.39 is 11.4 Å². The largest absolute Gasteiger partial charge is 0.481 e. The van der Waals surface area contributed by atoms with Crippen LogP contribution >= 0.6 is 0 Å². The van der Waals surface area contributed by atoms with Crippen LogP contribution in [0.5, 0.6) is 0 Å². The lowest BCUT2D eigenvalue weighted by molar-refractivity contribution is -0.250. The highest BCUT2D eigenvalue weighted by Gasteiger charge is 2.72. The maximum atomic E-state index is 12.8. The summed E-state index contributed by atoms with van der Waals surface area (Å²) in [5.74, 6) is 1.49. The number of hydrogen-bond acceptors (Lipinski definition) is 3. The summed E-state index contributed by atoms with van der Waals surface area (Å²) >= 11 is 0. The fourth-order valence-corrected chi connectivity index (χ4v) is 11.9. The first kappa shape index (κ1) is 26.3. The van der Waals surface area contributed by atoms with Crippen LogP contribution in [0.15, 0.2) is 12.2 Å². The van der Waals surface area contributed by atoms with Crippen molar-refractivity contribution >= 4 is 11.9 Å². The smallest absolute Gasteiger partial charge is 0.309 e. The quantitative estimate of drug-likeness (QED) is 0.320. The van der Waals surface area contributed by atoms with Crippen LogP contribution in [0.25, 0.3) is 0 Å². The molecule has 0 aromatic heterocycles. The van der Waals surface area contributed by atoms with E-state index in [1.807, 2.05) is 0 Å². The monoisotopic (exact) mass is 498 g/mol. The molecule has 0 amide bonds. The third-order valence-electron chi connectivity index (χ3n) is 13.7. The first-order chi connectivity index (χ1) is 16.6. The Kier molecular flexibility index (Phi) is 5.91. The normalized spacial score (nSPS) is 51.2. The number of aliphatic carboxylic acids is 1. The number of fused-ring (bicyclic) bond motifs is 7. The van der Waals surface area contributed by atoms with E-state index in [1.165, 1.54) is 24.8 Å². The zero-order valence-electron chi connectivity index (χ0n) is 23.9. The maximum absolute atomic E-state index is 12.8. The van der Waals surface area contributed by atoms with Crippen LogP contribution in [0.2, 0.25) is 0 Å². The molecule has 5 saturated carbocycles. The second kappa shape index (κ2) is 8.09. The molecule has 5 rings (SSSR count). The number of carbonyl (C=O) groups is 2. The van der Waals surface area contributed by atoms with Crippen molar-refractivity contribution in [1.29, 1.82) is 0 Å². The minimum atomic E-state index is -0.553. The molecule has 202 valence electrons. The summed E-state index contributed by atoms with van der Waals surface area (Å²) in [4.78, 5) is 24.7. The summed E-state index contributed by atoms with van der Waals surface area (Å²) in [6.45, 7) is 20.4. The van der Waals surface area contributed by atoms with Gasteiger partial charge in [-0.2, -0.15) is 0 Å². The van der Waals surface area contributed by atoms with Gasteiger partial charge in [-0.15, -0.1) is 0 Å². The highest BCUT2D eigenvalue weighted by molar-refractivity contribution is 5.76. The number of hydrogen-bond donors (Lipinski definition) is 1. The Labute approximate surface area is 219 Å². The molecule has 2 unspecified atom stereocenters. The molecule has 0 heterocycles. The molecule has 5 aliphatic rings. The van der Waals surface area contributed by atoms with Gasteiger partial charge in [-0.1, -0.05) is 46.8 Å². The van der Waals surface area contributed by atoms with Gasteiger partial charge in [-0.25, -0.2) is 0 Å². The van der Waals surface area contributed by atoms with Crippen LogP contribution < -0.4 is 0 Å². The van der Waals surface area contributed by atoms with Gasteiger partial charge in [0, 0.05) is 12.3 Å². The molecule has 0 aliphatic heterocycles. The predicted molar refractivity (Wildman–Crippen MR) is 142 cm³/mol. The van der Waals surface area contributed by atoms with Crippen LogP contribution in [-0.4, -0.2) is 23.1 Å². The molecule has 5 aliphatic carbocycles. The third-order valence-corrected chi connectivity index (χ3v) is 13.7. The molecule has 0 bridgehead atoms. The Bertz CT molecular complexity index is 967. The van der Waals surface area contributed by atoms with E-state index in [9.17, 15) is 14.7 Å². The molecule has 5 fully saturated rings. The zero-order chi connectivity index (χ0) is 26.5. The second-order valence-corrected chi connectivity index (χ2v) is 15.1. The average Bonchev–Trinajstić information content (AvgIpc) is 3.17. The van der Waals surface area contributed by atoms with Gasteiger partial charge in [0.1, 0.15) is 6.10 Å². The maximum Gasteiger partial charge on any atom is 0.309 e. The first-order valence-electron chi connectivity index (χ1n) is 14.7.